The molecule has 0 heterocycles. The lowest BCUT2D eigenvalue weighted by molar-refractivity contribution is 0.639. The van der Waals surface area contributed by atoms with E-state index in [1.807, 2.05) is 6.07 Å². The minimum absolute atomic E-state index is 0.237. The monoisotopic (exact) mass is 144 g/mol. The lowest BCUT2D eigenvalue weighted by Gasteiger charge is -1.95. The van der Waals surface area contributed by atoms with Crippen LogP contribution in [-0.2, 0) is 0 Å². The Kier molecular flexibility index (Phi) is 1.35. The van der Waals surface area contributed by atoms with Crippen molar-refractivity contribution in [1.29, 1.82) is 0 Å². The van der Waals surface area contributed by atoms with Crippen molar-refractivity contribution in [2.45, 2.75) is 0 Å². The average Bonchev–Trinajstić information content (AvgIpc) is 2.06. The van der Waals surface area contributed by atoms with Crippen LogP contribution >= 0.6 is 0 Å². The third kappa shape index (κ3) is 0.984. The highest BCUT2D eigenvalue weighted by Gasteiger charge is 1.96. The van der Waals surface area contributed by atoms with Crippen molar-refractivity contribution < 1.29 is 4.39 Å². The first-order valence-electron chi connectivity index (χ1n) is 3.33. The van der Waals surface area contributed by atoms with Crippen LogP contribution in [0.4, 0.5) is 4.39 Å². The molecule has 0 saturated carbocycles. The highest BCUT2D eigenvalue weighted by atomic mass is 19.1. The van der Waals surface area contributed by atoms with E-state index < -0.39 is 0 Å². The Morgan fingerprint density at radius 3 is 2.82 bits per heavy atom. The molecule has 0 bridgehead atoms. The molecule has 0 atom stereocenters. The van der Waals surface area contributed by atoms with Gasteiger partial charge in [0.15, 0.2) is 0 Å². The van der Waals surface area contributed by atoms with Crippen LogP contribution in [-0.4, -0.2) is 0 Å². The molecule has 1 heteroatoms. The standard InChI is InChI=1S/C10H5F/c11-10-7-3-5-8-4-1-2-6-9(8)10/h1,4-7H. The molecular weight excluding hydrogens is 139 g/mol. The van der Waals surface area contributed by atoms with Gasteiger partial charge in [-0.3, -0.25) is 0 Å². The smallest absolute Gasteiger partial charge is 0.131 e. The molecule has 2 aromatic rings. The van der Waals surface area contributed by atoms with Gasteiger partial charge in [0.25, 0.3) is 0 Å². The van der Waals surface area contributed by atoms with E-state index in [1.54, 1.807) is 18.2 Å². The van der Waals surface area contributed by atoms with Crippen molar-refractivity contribution in [1.82, 2.24) is 0 Å². The molecule has 0 N–H and O–H groups in total. The Bertz CT molecular complexity index is 374. The number of halogens is 1. The molecule has 2 aromatic carbocycles. The molecule has 0 aliphatic carbocycles. The van der Waals surface area contributed by atoms with Gasteiger partial charge in [0.2, 0.25) is 0 Å². The first-order chi connectivity index (χ1) is 5.38. The van der Waals surface area contributed by atoms with Crippen molar-refractivity contribution in [3.63, 3.8) is 0 Å². The van der Waals surface area contributed by atoms with Crippen molar-refractivity contribution in [2.24, 2.45) is 0 Å². The van der Waals surface area contributed by atoms with E-state index in [2.05, 4.69) is 12.1 Å². The van der Waals surface area contributed by atoms with Gasteiger partial charge in [-0.2, -0.15) is 0 Å². The number of hydrogen-bond acceptors (Lipinski definition) is 0. The van der Waals surface area contributed by atoms with Gasteiger partial charge in [0, 0.05) is 5.39 Å². The summed E-state index contributed by atoms with van der Waals surface area (Å²) in [7, 11) is 0. The van der Waals surface area contributed by atoms with Crippen LogP contribution in [0.2, 0.25) is 0 Å². The van der Waals surface area contributed by atoms with E-state index in [-0.39, 0.29) is 5.82 Å². The normalized spacial score (nSPS) is 10.3. The Balaban J connectivity index is 2.91. The molecule has 2 radical (unpaired) electrons. The van der Waals surface area contributed by atoms with Crippen LogP contribution in [0.3, 0.4) is 0 Å². The highest BCUT2D eigenvalue weighted by molar-refractivity contribution is 5.82. The SMILES string of the molecule is Fc1c[c]cc2cc[c]cc12. The van der Waals surface area contributed by atoms with E-state index in [9.17, 15) is 4.39 Å². The molecule has 0 nitrogen and oxygen atoms in total. The number of fused-ring (bicyclic) bond motifs is 1. The number of hydrogen-bond donors (Lipinski definition) is 0. The maximum absolute atomic E-state index is 12.9. The minimum atomic E-state index is -0.237. The fraction of sp³-hybridized carbons (Fsp3) is 0. The van der Waals surface area contributed by atoms with Gasteiger partial charge in [-0.05, 0) is 35.7 Å². The lowest BCUT2D eigenvalue weighted by atomic mass is 10.1. The second-order valence-electron chi connectivity index (χ2n) is 2.32. The maximum atomic E-state index is 12.9. The third-order valence-corrected chi connectivity index (χ3v) is 1.60. The maximum Gasteiger partial charge on any atom is 0.131 e. The van der Waals surface area contributed by atoms with Crippen molar-refractivity contribution in [2.75, 3.05) is 0 Å². The van der Waals surface area contributed by atoms with Gasteiger partial charge in [0.05, 0.1) is 0 Å². The van der Waals surface area contributed by atoms with E-state index in [0.717, 1.165) is 5.39 Å². The van der Waals surface area contributed by atoms with Crippen LogP contribution < -0.4 is 0 Å². The van der Waals surface area contributed by atoms with Crippen LogP contribution in [0.5, 0.6) is 0 Å². The molecule has 0 aliphatic heterocycles. The molecule has 52 valence electrons. The Hall–Kier alpha value is -1.37. The molecule has 11 heavy (non-hydrogen) atoms. The average molecular weight is 144 g/mol. The van der Waals surface area contributed by atoms with Gasteiger partial charge >= 0.3 is 0 Å². The zero-order valence-corrected chi connectivity index (χ0v) is 5.76. The van der Waals surface area contributed by atoms with Crippen LogP contribution in [0.25, 0.3) is 10.8 Å². The largest absolute Gasteiger partial charge is 0.206 e. The summed E-state index contributed by atoms with van der Waals surface area (Å²) >= 11 is 0. The first-order valence-corrected chi connectivity index (χ1v) is 3.33. The summed E-state index contributed by atoms with van der Waals surface area (Å²) < 4.78 is 12.9. The topological polar surface area (TPSA) is 0 Å². The summed E-state index contributed by atoms with van der Waals surface area (Å²) in [5.41, 5.74) is 0. The second kappa shape index (κ2) is 2.35. The third-order valence-electron chi connectivity index (χ3n) is 1.60. The van der Waals surface area contributed by atoms with Crippen LogP contribution in [0.1, 0.15) is 0 Å². The Morgan fingerprint density at radius 2 is 2.00 bits per heavy atom. The van der Waals surface area contributed by atoms with Gasteiger partial charge < -0.3 is 0 Å². The summed E-state index contributed by atoms with van der Waals surface area (Å²) in [4.78, 5) is 0. The molecule has 0 aliphatic rings. The predicted octanol–water partition coefficient (Wildman–Crippen LogP) is 2.58. The van der Waals surface area contributed by atoms with Crippen molar-refractivity contribution in [3.05, 3.63) is 48.3 Å². The van der Waals surface area contributed by atoms with Gasteiger partial charge in [0.1, 0.15) is 5.82 Å². The van der Waals surface area contributed by atoms with Crippen LogP contribution in [0.15, 0.2) is 30.3 Å². The molecule has 0 amide bonds. The van der Waals surface area contributed by atoms with E-state index >= 15 is 0 Å². The van der Waals surface area contributed by atoms with Crippen LogP contribution in [0, 0.1) is 17.9 Å². The summed E-state index contributed by atoms with van der Waals surface area (Å²) in [6.45, 7) is 0. The fourth-order valence-corrected chi connectivity index (χ4v) is 1.06. The summed E-state index contributed by atoms with van der Waals surface area (Å²) in [5, 5.41) is 1.47. The van der Waals surface area contributed by atoms with Crippen molar-refractivity contribution >= 4 is 10.8 Å². The minimum Gasteiger partial charge on any atom is -0.206 e. The fourth-order valence-electron chi connectivity index (χ4n) is 1.06. The predicted molar refractivity (Wildman–Crippen MR) is 41.6 cm³/mol. The highest BCUT2D eigenvalue weighted by Crippen LogP contribution is 2.15. The zero-order valence-electron chi connectivity index (χ0n) is 5.76. The van der Waals surface area contributed by atoms with Gasteiger partial charge in [-0.15, -0.1) is 0 Å². The zero-order chi connectivity index (χ0) is 7.68. The molecule has 2 rings (SSSR count). The summed E-state index contributed by atoms with van der Waals surface area (Å²) in [5.74, 6) is -0.237. The van der Waals surface area contributed by atoms with E-state index in [4.69, 9.17) is 0 Å². The Labute approximate surface area is 64.3 Å². The van der Waals surface area contributed by atoms with Gasteiger partial charge in [-0.1, -0.05) is 12.1 Å². The lowest BCUT2D eigenvalue weighted by Crippen LogP contribution is -1.76. The van der Waals surface area contributed by atoms with E-state index in [1.165, 1.54) is 6.07 Å². The van der Waals surface area contributed by atoms with Gasteiger partial charge in [-0.25, -0.2) is 4.39 Å². The molecule has 0 unspecified atom stereocenters. The molecule has 0 fully saturated rings. The molecule has 0 aromatic heterocycles. The molecule has 0 saturated heterocycles. The summed E-state index contributed by atoms with van der Waals surface area (Å²) in [6.07, 6.45) is 0. The quantitative estimate of drug-likeness (QED) is 0.533. The number of benzene rings is 2. The first kappa shape index (κ1) is 6.35. The molecule has 0 spiro atoms. The Morgan fingerprint density at radius 1 is 1.09 bits per heavy atom. The van der Waals surface area contributed by atoms with Crippen molar-refractivity contribution in [3.8, 4) is 0 Å². The number of rotatable bonds is 0. The van der Waals surface area contributed by atoms with E-state index in [0.29, 0.717) is 5.39 Å². The molecular formula is C10H5F. The summed E-state index contributed by atoms with van der Waals surface area (Å²) in [6, 6.07) is 13.8. The second-order valence-corrected chi connectivity index (χ2v) is 2.32.